The first kappa shape index (κ1) is 19.8. The molecule has 0 radical (unpaired) electrons. The van der Waals surface area contributed by atoms with Gasteiger partial charge in [0.15, 0.2) is 5.65 Å². The molecule has 0 atom stereocenters. The lowest BCUT2D eigenvalue weighted by atomic mass is 10.2. The molecular formula is C19H23N7O4. The number of pyridine rings is 1. The molecule has 1 amide bonds. The minimum Gasteiger partial charge on any atom is -0.432 e. The highest BCUT2D eigenvalue weighted by Crippen LogP contribution is 2.17. The van der Waals surface area contributed by atoms with E-state index < -0.39 is 11.2 Å². The van der Waals surface area contributed by atoms with Crippen molar-refractivity contribution in [3.63, 3.8) is 0 Å². The van der Waals surface area contributed by atoms with Gasteiger partial charge >= 0.3 is 11.2 Å². The second kappa shape index (κ2) is 8.11. The van der Waals surface area contributed by atoms with Crippen LogP contribution in [-0.4, -0.2) is 63.6 Å². The molecule has 1 aliphatic rings. The Morgan fingerprint density at radius 1 is 1.23 bits per heavy atom. The van der Waals surface area contributed by atoms with Gasteiger partial charge in [0.2, 0.25) is 11.5 Å². The van der Waals surface area contributed by atoms with E-state index in [1.165, 1.54) is 0 Å². The maximum atomic E-state index is 12.3. The van der Waals surface area contributed by atoms with E-state index >= 15 is 0 Å². The smallest absolute Gasteiger partial charge is 0.330 e. The van der Waals surface area contributed by atoms with Gasteiger partial charge in [0.05, 0.1) is 18.4 Å². The van der Waals surface area contributed by atoms with Crippen molar-refractivity contribution in [2.45, 2.75) is 20.0 Å². The number of piperazine rings is 1. The van der Waals surface area contributed by atoms with E-state index in [0.29, 0.717) is 18.1 Å². The predicted octanol–water partition coefficient (Wildman–Crippen LogP) is -0.225. The van der Waals surface area contributed by atoms with Crippen LogP contribution in [0.25, 0.3) is 11.2 Å². The number of carbonyl (C=O) groups is 1. The molecule has 0 spiro atoms. The largest absolute Gasteiger partial charge is 0.432 e. The minimum atomic E-state index is -0.487. The molecule has 3 aromatic heterocycles. The summed E-state index contributed by atoms with van der Waals surface area (Å²) in [6, 6.07) is 3.60. The van der Waals surface area contributed by atoms with Gasteiger partial charge < -0.3 is 14.6 Å². The molecule has 30 heavy (non-hydrogen) atoms. The Kier molecular flexibility index (Phi) is 5.36. The molecule has 11 nitrogen and oxygen atoms in total. The van der Waals surface area contributed by atoms with Crippen LogP contribution in [0.3, 0.4) is 0 Å². The quantitative estimate of drug-likeness (QED) is 0.587. The molecule has 0 bridgehead atoms. The zero-order valence-corrected chi connectivity index (χ0v) is 16.8. The van der Waals surface area contributed by atoms with Gasteiger partial charge in [-0.2, -0.15) is 4.98 Å². The van der Waals surface area contributed by atoms with Gasteiger partial charge in [-0.1, -0.05) is 0 Å². The van der Waals surface area contributed by atoms with Crippen LogP contribution in [0.2, 0.25) is 0 Å². The van der Waals surface area contributed by atoms with Crippen LogP contribution in [0, 0.1) is 0 Å². The lowest BCUT2D eigenvalue weighted by Crippen LogP contribution is -2.46. The third-order valence-corrected chi connectivity index (χ3v) is 5.20. The van der Waals surface area contributed by atoms with Crippen molar-refractivity contribution in [1.82, 2.24) is 29.7 Å². The number of fused-ring (bicyclic) bond motifs is 1. The van der Waals surface area contributed by atoms with E-state index in [9.17, 15) is 14.4 Å². The molecular weight excluding hydrogens is 390 g/mol. The first-order valence-corrected chi connectivity index (χ1v) is 9.78. The maximum absolute atomic E-state index is 12.3. The molecule has 0 aromatic carbocycles. The highest BCUT2D eigenvalue weighted by molar-refractivity contribution is 5.92. The Bertz CT molecular complexity index is 1170. The van der Waals surface area contributed by atoms with Gasteiger partial charge in [0.1, 0.15) is 5.69 Å². The lowest BCUT2D eigenvalue weighted by molar-refractivity contribution is 0.0958. The summed E-state index contributed by atoms with van der Waals surface area (Å²) in [4.78, 5) is 51.3. The highest BCUT2D eigenvalue weighted by Gasteiger charge is 2.21. The number of aromatic nitrogens is 4. The molecule has 3 aromatic rings. The SMILES string of the molecule is CCn1c(=O)[nH]c2nc(CN3CCN(c4ccc(C(=O)NC)nc4)CC3)oc2c1=O. The molecule has 1 saturated heterocycles. The summed E-state index contributed by atoms with van der Waals surface area (Å²) >= 11 is 0. The molecule has 1 fully saturated rings. The zero-order valence-electron chi connectivity index (χ0n) is 16.8. The number of H-pyrrole nitrogens is 1. The number of aromatic amines is 1. The standard InChI is InChI=1S/C19H23N7O4/c1-3-26-18(28)15-16(23-19(26)29)22-14(30-15)11-24-6-8-25(9-7-24)12-4-5-13(21-10-12)17(27)20-2/h4-5,10H,3,6-9,11H2,1-2H3,(H,20,27)(H,23,29). The number of anilines is 1. The van der Waals surface area contributed by atoms with Gasteiger partial charge in [0, 0.05) is 39.8 Å². The van der Waals surface area contributed by atoms with E-state index in [-0.39, 0.29) is 23.7 Å². The Morgan fingerprint density at radius 3 is 2.63 bits per heavy atom. The molecule has 4 heterocycles. The Labute approximate surface area is 171 Å². The third-order valence-electron chi connectivity index (χ3n) is 5.20. The normalized spacial score (nSPS) is 14.9. The predicted molar refractivity (Wildman–Crippen MR) is 110 cm³/mol. The summed E-state index contributed by atoms with van der Waals surface area (Å²) in [6.45, 7) is 5.53. The van der Waals surface area contributed by atoms with Crippen LogP contribution >= 0.6 is 0 Å². The maximum Gasteiger partial charge on any atom is 0.330 e. The highest BCUT2D eigenvalue weighted by atomic mass is 16.4. The fourth-order valence-corrected chi connectivity index (χ4v) is 3.52. The third kappa shape index (κ3) is 3.71. The van der Waals surface area contributed by atoms with Crippen LogP contribution in [-0.2, 0) is 13.1 Å². The fourth-order valence-electron chi connectivity index (χ4n) is 3.52. The Balaban J connectivity index is 1.41. The van der Waals surface area contributed by atoms with Gasteiger partial charge in [-0.15, -0.1) is 0 Å². The Morgan fingerprint density at radius 2 is 2.00 bits per heavy atom. The molecule has 4 rings (SSSR count). The summed E-state index contributed by atoms with van der Waals surface area (Å²) in [5.41, 5.74) is 0.655. The molecule has 1 aliphatic heterocycles. The van der Waals surface area contributed by atoms with Gasteiger partial charge in [-0.25, -0.2) is 9.78 Å². The summed E-state index contributed by atoms with van der Waals surface area (Å²) in [7, 11) is 1.57. The number of oxazole rings is 1. The Hall–Kier alpha value is -3.47. The summed E-state index contributed by atoms with van der Waals surface area (Å²) in [5.74, 6) is 0.188. The molecule has 2 N–H and O–H groups in total. The number of carbonyl (C=O) groups excluding carboxylic acids is 1. The van der Waals surface area contributed by atoms with Gasteiger partial charge in [0.25, 0.3) is 5.91 Å². The first-order chi connectivity index (χ1) is 14.5. The van der Waals surface area contributed by atoms with Crippen LogP contribution in [0.5, 0.6) is 0 Å². The number of hydrogen-bond donors (Lipinski definition) is 2. The molecule has 0 unspecified atom stereocenters. The molecule has 0 aliphatic carbocycles. The van der Waals surface area contributed by atoms with Crippen molar-refractivity contribution in [3.8, 4) is 0 Å². The van der Waals surface area contributed by atoms with E-state index in [2.05, 4.69) is 30.1 Å². The molecule has 11 heteroatoms. The van der Waals surface area contributed by atoms with Gasteiger partial charge in [-0.3, -0.25) is 24.0 Å². The van der Waals surface area contributed by atoms with Crippen molar-refractivity contribution < 1.29 is 9.21 Å². The van der Waals surface area contributed by atoms with Crippen molar-refractivity contribution in [1.29, 1.82) is 0 Å². The van der Waals surface area contributed by atoms with E-state index in [1.54, 1.807) is 26.2 Å². The van der Waals surface area contributed by atoms with Crippen molar-refractivity contribution in [2.24, 2.45) is 0 Å². The summed E-state index contributed by atoms with van der Waals surface area (Å²) in [5, 5.41) is 2.55. The number of rotatable bonds is 5. The van der Waals surface area contributed by atoms with E-state index in [4.69, 9.17) is 4.42 Å². The topological polar surface area (TPSA) is 129 Å². The first-order valence-electron chi connectivity index (χ1n) is 9.78. The number of amides is 1. The van der Waals surface area contributed by atoms with Crippen molar-refractivity contribution in [2.75, 3.05) is 38.1 Å². The zero-order chi connectivity index (χ0) is 21.3. The van der Waals surface area contributed by atoms with Crippen LogP contribution < -0.4 is 21.5 Å². The molecule has 158 valence electrons. The van der Waals surface area contributed by atoms with Crippen LogP contribution in [0.15, 0.2) is 32.3 Å². The van der Waals surface area contributed by atoms with E-state index in [1.807, 2.05) is 6.07 Å². The second-order valence-electron chi connectivity index (χ2n) is 7.01. The molecule has 0 saturated carbocycles. The fraction of sp³-hybridized carbons (Fsp3) is 0.421. The van der Waals surface area contributed by atoms with Gasteiger partial charge in [-0.05, 0) is 19.1 Å². The lowest BCUT2D eigenvalue weighted by Gasteiger charge is -2.35. The number of hydrogen-bond acceptors (Lipinski definition) is 8. The summed E-state index contributed by atoms with van der Waals surface area (Å²) < 4.78 is 6.72. The number of nitrogens with zero attached hydrogens (tertiary/aromatic N) is 5. The summed E-state index contributed by atoms with van der Waals surface area (Å²) in [6.07, 6.45) is 1.70. The monoisotopic (exact) mass is 413 g/mol. The minimum absolute atomic E-state index is 0.0763. The van der Waals surface area contributed by atoms with Crippen LogP contribution in [0.1, 0.15) is 23.3 Å². The van der Waals surface area contributed by atoms with E-state index in [0.717, 1.165) is 36.4 Å². The number of nitrogens with one attached hydrogen (secondary N) is 2. The van der Waals surface area contributed by atoms with Crippen molar-refractivity contribution in [3.05, 3.63) is 50.8 Å². The second-order valence-corrected chi connectivity index (χ2v) is 7.01. The average molecular weight is 413 g/mol. The van der Waals surface area contributed by atoms with Crippen LogP contribution in [0.4, 0.5) is 5.69 Å². The average Bonchev–Trinajstić information content (AvgIpc) is 3.16. The van der Waals surface area contributed by atoms with Crippen molar-refractivity contribution >= 4 is 22.8 Å².